The maximum absolute atomic E-state index is 12.2. The summed E-state index contributed by atoms with van der Waals surface area (Å²) in [6.07, 6.45) is 2.95. The summed E-state index contributed by atoms with van der Waals surface area (Å²) in [5, 5.41) is 0. The van der Waals surface area contributed by atoms with Crippen molar-refractivity contribution in [2.75, 3.05) is 20.3 Å². The number of hydrogen-bond donors (Lipinski definition) is 1. The standard InChI is InChI=1S/C16H22N2O2/c1-20-9-8-18-15(19)10-14(17)16(18)13-5-3-2-4-12(13)11-6-7-11/h2-5,11,14,16H,6-10,17H2,1H3. The van der Waals surface area contributed by atoms with Crippen LogP contribution in [-0.4, -0.2) is 37.1 Å². The summed E-state index contributed by atoms with van der Waals surface area (Å²) in [5.41, 5.74) is 8.87. The molecule has 1 aliphatic carbocycles. The quantitative estimate of drug-likeness (QED) is 0.891. The summed E-state index contributed by atoms with van der Waals surface area (Å²) in [4.78, 5) is 14.1. The number of nitrogens with two attached hydrogens (primary N) is 1. The summed E-state index contributed by atoms with van der Waals surface area (Å²) < 4.78 is 5.13. The second-order valence-corrected chi connectivity index (χ2v) is 5.80. The fraction of sp³-hybridized carbons (Fsp3) is 0.562. The molecular formula is C16H22N2O2. The van der Waals surface area contributed by atoms with Crippen LogP contribution in [-0.2, 0) is 9.53 Å². The van der Waals surface area contributed by atoms with Crippen LogP contribution in [0.25, 0.3) is 0 Å². The van der Waals surface area contributed by atoms with Crippen LogP contribution in [0.4, 0.5) is 0 Å². The van der Waals surface area contributed by atoms with Gasteiger partial charge in [-0.05, 0) is 29.9 Å². The number of nitrogens with zero attached hydrogens (tertiary/aromatic N) is 1. The summed E-state index contributed by atoms with van der Waals surface area (Å²) in [7, 11) is 1.66. The van der Waals surface area contributed by atoms with Gasteiger partial charge in [-0.2, -0.15) is 0 Å². The van der Waals surface area contributed by atoms with Crippen molar-refractivity contribution < 1.29 is 9.53 Å². The molecule has 0 bridgehead atoms. The fourth-order valence-electron chi connectivity index (χ4n) is 3.22. The van der Waals surface area contributed by atoms with E-state index in [0.29, 0.717) is 25.5 Å². The van der Waals surface area contributed by atoms with Gasteiger partial charge in [0, 0.05) is 26.1 Å². The number of likely N-dealkylation sites (tertiary alicyclic amines) is 1. The Kier molecular flexibility index (Phi) is 3.76. The number of amides is 1. The average molecular weight is 274 g/mol. The molecule has 1 saturated heterocycles. The zero-order valence-electron chi connectivity index (χ0n) is 11.9. The Labute approximate surface area is 119 Å². The maximum Gasteiger partial charge on any atom is 0.224 e. The van der Waals surface area contributed by atoms with Gasteiger partial charge in [0.1, 0.15) is 0 Å². The molecule has 2 unspecified atom stereocenters. The Morgan fingerprint density at radius 3 is 2.65 bits per heavy atom. The van der Waals surface area contributed by atoms with Crippen molar-refractivity contribution >= 4 is 5.91 Å². The molecule has 1 aromatic carbocycles. The molecule has 2 aliphatic rings. The predicted molar refractivity (Wildman–Crippen MR) is 77.3 cm³/mol. The first kappa shape index (κ1) is 13.6. The largest absolute Gasteiger partial charge is 0.383 e. The van der Waals surface area contributed by atoms with Crippen LogP contribution in [0, 0.1) is 0 Å². The molecule has 0 aromatic heterocycles. The van der Waals surface area contributed by atoms with E-state index in [1.807, 2.05) is 11.0 Å². The van der Waals surface area contributed by atoms with Gasteiger partial charge >= 0.3 is 0 Å². The molecule has 20 heavy (non-hydrogen) atoms. The van der Waals surface area contributed by atoms with E-state index in [2.05, 4.69) is 18.2 Å². The highest BCUT2D eigenvalue weighted by atomic mass is 16.5. The van der Waals surface area contributed by atoms with Gasteiger partial charge in [-0.25, -0.2) is 0 Å². The molecule has 1 saturated carbocycles. The van der Waals surface area contributed by atoms with Crippen molar-refractivity contribution in [3.05, 3.63) is 35.4 Å². The van der Waals surface area contributed by atoms with Crippen LogP contribution in [0.15, 0.2) is 24.3 Å². The van der Waals surface area contributed by atoms with Crippen molar-refractivity contribution in [1.29, 1.82) is 0 Å². The van der Waals surface area contributed by atoms with Crippen molar-refractivity contribution in [2.45, 2.75) is 37.3 Å². The Morgan fingerprint density at radius 2 is 2.00 bits per heavy atom. The molecule has 0 spiro atoms. The molecule has 4 heteroatoms. The summed E-state index contributed by atoms with van der Waals surface area (Å²) >= 11 is 0. The third-order valence-corrected chi connectivity index (χ3v) is 4.34. The van der Waals surface area contributed by atoms with E-state index in [1.54, 1.807) is 7.11 Å². The molecule has 2 fully saturated rings. The lowest BCUT2D eigenvalue weighted by molar-refractivity contribution is -0.129. The third kappa shape index (κ3) is 2.45. The number of ether oxygens (including phenoxy) is 1. The second kappa shape index (κ2) is 5.54. The number of benzene rings is 1. The normalized spacial score (nSPS) is 26.3. The van der Waals surface area contributed by atoms with Gasteiger partial charge in [0.05, 0.1) is 12.6 Å². The Balaban J connectivity index is 1.91. The van der Waals surface area contributed by atoms with Crippen LogP contribution in [0.3, 0.4) is 0 Å². The molecule has 1 aromatic rings. The molecule has 1 aliphatic heterocycles. The minimum atomic E-state index is -0.112. The van der Waals surface area contributed by atoms with Gasteiger partial charge in [-0.15, -0.1) is 0 Å². The number of carbonyl (C=O) groups is 1. The predicted octanol–water partition coefficient (Wildman–Crippen LogP) is 1.81. The lowest BCUT2D eigenvalue weighted by atomic mass is 9.93. The average Bonchev–Trinajstić information content (AvgIpc) is 3.23. The zero-order chi connectivity index (χ0) is 14.1. The first-order chi connectivity index (χ1) is 9.72. The molecule has 2 atom stereocenters. The monoisotopic (exact) mass is 274 g/mol. The van der Waals surface area contributed by atoms with Gasteiger partial charge in [-0.1, -0.05) is 24.3 Å². The summed E-state index contributed by atoms with van der Waals surface area (Å²) in [6, 6.07) is 8.35. The first-order valence-electron chi connectivity index (χ1n) is 7.35. The van der Waals surface area contributed by atoms with E-state index >= 15 is 0 Å². The van der Waals surface area contributed by atoms with Crippen molar-refractivity contribution in [3.63, 3.8) is 0 Å². The van der Waals surface area contributed by atoms with Crippen LogP contribution in [0.5, 0.6) is 0 Å². The Morgan fingerprint density at radius 1 is 1.30 bits per heavy atom. The smallest absolute Gasteiger partial charge is 0.224 e. The van der Waals surface area contributed by atoms with E-state index in [1.165, 1.54) is 24.0 Å². The highest BCUT2D eigenvalue weighted by molar-refractivity contribution is 5.80. The molecule has 4 nitrogen and oxygen atoms in total. The molecule has 0 radical (unpaired) electrons. The molecule has 108 valence electrons. The topological polar surface area (TPSA) is 55.6 Å². The van der Waals surface area contributed by atoms with Crippen molar-refractivity contribution in [3.8, 4) is 0 Å². The van der Waals surface area contributed by atoms with E-state index in [9.17, 15) is 4.79 Å². The fourth-order valence-corrected chi connectivity index (χ4v) is 3.22. The third-order valence-electron chi connectivity index (χ3n) is 4.34. The van der Waals surface area contributed by atoms with E-state index in [4.69, 9.17) is 10.5 Å². The Bertz CT molecular complexity index is 499. The van der Waals surface area contributed by atoms with Crippen LogP contribution in [0.1, 0.15) is 42.3 Å². The SMILES string of the molecule is COCCN1C(=O)CC(N)C1c1ccccc1C1CC1. The van der Waals surface area contributed by atoms with Gasteiger partial charge in [0.25, 0.3) is 0 Å². The molecule has 1 heterocycles. The first-order valence-corrected chi connectivity index (χ1v) is 7.35. The van der Waals surface area contributed by atoms with Crippen LogP contribution in [0.2, 0.25) is 0 Å². The lowest BCUT2D eigenvalue weighted by Crippen LogP contribution is -2.35. The van der Waals surface area contributed by atoms with Crippen LogP contribution < -0.4 is 5.73 Å². The van der Waals surface area contributed by atoms with Crippen LogP contribution >= 0.6 is 0 Å². The minimum Gasteiger partial charge on any atom is -0.383 e. The molecular weight excluding hydrogens is 252 g/mol. The Hall–Kier alpha value is -1.39. The number of hydrogen-bond acceptors (Lipinski definition) is 3. The zero-order valence-corrected chi connectivity index (χ0v) is 11.9. The molecule has 2 N–H and O–H groups in total. The maximum atomic E-state index is 12.2. The molecule has 3 rings (SSSR count). The second-order valence-electron chi connectivity index (χ2n) is 5.80. The summed E-state index contributed by atoms with van der Waals surface area (Å²) in [6.45, 7) is 1.17. The minimum absolute atomic E-state index is 0.00875. The van der Waals surface area contributed by atoms with Crippen molar-refractivity contribution in [2.24, 2.45) is 5.73 Å². The number of methoxy groups -OCH3 is 1. The highest BCUT2D eigenvalue weighted by Gasteiger charge is 2.40. The molecule has 1 amide bonds. The highest BCUT2D eigenvalue weighted by Crippen LogP contribution is 2.45. The van der Waals surface area contributed by atoms with Gasteiger partial charge in [0.15, 0.2) is 0 Å². The van der Waals surface area contributed by atoms with E-state index in [0.717, 1.165) is 0 Å². The van der Waals surface area contributed by atoms with E-state index < -0.39 is 0 Å². The van der Waals surface area contributed by atoms with Gasteiger partial charge < -0.3 is 15.4 Å². The number of rotatable bonds is 5. The lowest BCUT2D eigenvalue weighted by Gasteiger charge is -2.29. The summed E-state index contributed by atoms with van der Waals surface area (Å²) in [5.74, 6) is 0.809. The number of carbonyl (C=O) groups excluding carboxylic acids is 1. The van der Waals surface area contributed by atoms with Crippen molar-refractivity contribution in [1.82, 2.24) is 4.90 Å². The van der Waals surface area contributed by atoms with Gasteiger partial charge in [-0.3, -0.25) is 4.79 Å². The van der Waals surface area contributed by atoms with E-state index in [-0.39, 0.29) is 18.0 Å². The van der Waals surface area contributed by atoms with Gasteiger partial charge in [0.2, 0.25) is 5.91 Å².